The largest absolute Gasteiger partial charge is 0.508 e. The van der Waals surface area contributed by atoms with Crippen LogP contribution >= 0.6 is 0 Å². The number of phenolic OH excluding ortho intramolecular Hbond substituents is 1. The summed E-state index contributed by atoms with van der Waals surface area (Å²) in [7, 11) is 0. The Morgan fingerprint density at radius 2 is 2.00 bits per heavy atom. The molecule has 0 aliphatic rings. The molecule has 0 saturated carbocycles. The molecule has 0 saturated heterocycles. The van der Waals surface area contributed by atoms with Gasteiger partial charge in [0.05, 0.1) is 11.1 Å². The number of aromatic hydroxyl groups is 1. The smallest absolute Gasteiger partial charge is 0.325 e. The molecule has 2 N–H and O–H groups in total. The van der Waals surface area contributed by atoms with E-state index in [2.05, 4.69) is 10.3 Å². The Balaban J connectivity index is 2.12. The van der Waals surface area contributed by atoms with Gasteiger partial charge in [0.1, 0.15) is 17.9 Å². The number of pyridine rings is 1. The van der Waals surface area contributed by atoms with Crippen molar-refractivity contribution < 1.29 is 19.4 Å². The minimum absolute atomic E-state index is 0.0753. The van der Waals surface area contributed by atoms with Crippen LogP contribution in [0.25, 0.3) is 10.9 Å². The Kier molecular flexibility index (Phi) is 4.30. The first-order valence-electron chi connectivity index (χ1n) is 6.84. The lowest BCUT2D eigenvalue weighted by atomic mass is 10.1. The zero-order valence-corrected chi connectivity index (χ0v) is 12.7. The number of ether oxygens (including phenoxy) is 1. The van der Waals surface area contributed by atoms with Gasteiger partial charge in [0.25, 0.3) is 5.91 Å². The molecule has 0 atom stereocenters. The van der Waals surface area contributed by atoms with Crippen LogP contribution in [0.15, 0.2) is 30.5 Å². The highest BCUT2D eigenvalue weighted by Gasteiger charge is 2.17. The van der Waals surface area contributed by atoms with E-state index >= 15 is 0 Å². The first-order valence-corrected chi connectivity index (χ1v) is 6.84. The third-order valence-corrected chi connectivity index (χ3v) is 2.78. The zero-order chi connectivity index (χ0) is 16.3. The number of hydrogen-bond donors (Lipinski definition) is 2. The van der Waals surface area contributed by atoms with E-state index in [1.54, 1.807) is 32.9 Å². The van der Waals surface area contributed by atoms with Gasteiger partial charge in [-0.2, -0.15) is 0 Å². The molecule has 116 valence electrons. The van der Waals surface area contributed by atoms with Crippen LogP contribution in [0.5, 0.6) is 5.75 Å². The lowest BCUT2D eigenvalue weighted by molar-refractivity contribution is -0.153. The maximum Gasteiger partial charge on any atom is 0.325 e. The molecule has 1 aromatic heterocycles. The van der Waals surface area contributed by atoms with Crippen LogP contribution in [0.2, 0.25) is 0 Å². The topological polar surface area (TPSA) is 88.5 Å². The summed E-state index contributed by atoms with van der Waals surface area (Å²) in [5, 5.41) is 12.6. The Labute approximate surface area is 128 Å². The normalized spacial score (nSPS) is 11.2. The third kappa shape index (κ3) is 3.94. The van der Waals surface area contributed by atoms with E-state index in [9.17, 15) is 14.7 Å². The summed E-state index contributed by atoms with van der Waals surface area (Å²) in [6.07, 6.45) is 1.48. The van der Waals surface area contributed by atoms with E-state index in [4.69, 9.17) is 4.74 Å². The molecule has 0 unspecified atom stereocenters. The average molecular weight is 302 g/mol. The molecular weight excluding hydrogens is 284 g/mol. The fourth-order valence-corrected chi connectivity index (χ4v) is 1.96. The molecule has 1 aromatic carbocycles. The number of carbonyl (C=O) groups is 2. The number of amides is 1. The molecule has 0 radical (unpaired) electrons. The van der Waals surface area contributed by atoms with Crippen LogP contribution in [0.3, 0.4) is 0 Å². The van der Waals surface area contributed by atoms with Crippen molar-refractivity contribution in [3.8, 4) is 5.75 Å². The van der Waals surface area contributed by atoms with Crippen LogP contribution in [-0.4, -0.2) is 34.1 Å². The van der Waals surface area contributed by atoms with E-state index < -0.39 is 17.5 Å². The van der Waals surface area contributed by atoms with E-state index in [1.165, 1.54) is 18.3 Å². The van der Waals surface area contributed by atoms with Crippen LogP contribution in [-0.2, 0) is 9.53 Å². The lowest BCUT2D eigenvalue weighted by Gasteiger charge is -2.19. The molecule has 0 spiro atoms. The van der Waals surface area contributed by atoms with Gasteiger partial charge in [-0.15, -0.1) is 0 Å². The third-order valence-electron chi connectivity index (χ3n) is 2.78. The quantitative estimate of drug-likeness (QED) is 0.847. The maximum absolute atomic E-state index is 12.2. The van der Waals surface area contributed by atoms with Gasteiger partial charge >= 0.3 is 5.97 Å². The number of carbonyl (C=O) groups excluding carboxylic acids is 2. The number of phenols is 1. The summed E-state index contributed by atoms with van der Waals surface area (Å²) in [5.41, 5.74) is 0.293. The van der Waals surface area contributed by atoms with E-state index in [0.717, 1.165) is 0 Å². The summed E-state index contributed by atoms with van der Waals surface area (Å²) < 4.78 is 5.13. The average Bonchev–Trinajstić information content (AvgIpc) is 2.42. The molecule has 2 aromatic rings. The van der Waals surface area contributed by atoms with E-state index in [0.29, 0.717) is 16.5 Å². The van der Waals surface area contributed by atoms with Gasteiger partial charge in [-0.05, 0) is 39.0 Å². The minimum atomic E-state index is -0.595. The van der Waals surface area contributed by atoms with Gasteiger partial charge < -0.3 is 15.2 Å². The SMILES string of the molecule is CC(C)(C)OC(=O)CNC(=O)c1ccnc2cc(O)ccc12. The number of hydrogen-bond acceptors (Lipinski definition) is 5. The number of benzene rings is 1. The van der Waals surface area contributed by atoms with Gasteiger partial charge in [0.2, 0.25) is 0 Å². The molecular formula is C16H18N2O4. The minimum Gasteiger partial charge on any atom is -0.508 e. The second-order valence-corrected chi connectivity index (χ2v) is 5.83. The van der Waals surface area contributed by atoms with Crippen molar-refractivity contribution in [3.05, 3.63) is 36.0 Å². The van der Waals surface area contributed by atoms with Crippen molar-refractivity contribution in [3.63, 3.8) is 0 Å². The van der Waals surface area contributed by atoms with Crippen molar-refractivity contribution in [1.82, 2.24) is 10.3 Å². The predicted octanol–water partition coefficient (Wildman–Crippen LogP) is 2.01. The molecule has 0 bridgehead atoms. The van der Waals surface area contributed by atoms with Gasteiger partial charge in [-0.3, -0.25) is 14.6 Å². The van der Waals surface area contributed by atoms with Crippen LogP contribution in [0, 0.1) is 0 Å². The molecule has 1 amide bonds. The number of nitrogens with zero attached hydrogens (tertiary/aromatic N) is 1. The van der Waals surface area contributed by atoms with Gasteiger partial charge in [-0.1, -0.05) is 0 Å². The predicted molar refractivity (Wildman–Crippen MR) is 81.6 cm³/mol. The molecule has 6 heteroatoms. The Hall–Kier alpha value is -2.63. The fourth-order valence-electron chi connectivity index (χ4n) is 1.96. The molecule has 0 aliphatic carbocycles. The Morgan fingerprint density at radius 1 is 1.27 bits per heavy atom. The number of nitrogens with one attached hydrogen (secondary N) is 1. The zero-order valence-electron chi connectivity index (χ0n) is 12.7. The van der Waals surface area contributed by atoms with Crippen molar-refractivity contribution in [1.29, 1.82) is 0 Å². The van der Waals surface area contributed by atoms with Crippen molar-refractivity contribution >= 4 is 22.8 Å². The first kappa shape index (κ1) is 15.8. The maximum atomic E-state index is 12.2. The highest BCUT2D eigenvalue weighted by molar-refractivity contribution is 6.06. The second kappa shape index (κ2) is 6.01. The monoisotopic (exact) mass is 302 g/mol. The summed E-state index contributed by atoms with van der Waals surface area (Å²) >= 11 is 0. The Bertz CT molecular complexity index is 720. The second-order valence-electron chi connectivity index (χ2n) is 5.83. The summed E-state index contributed by atoms with van der Waals surface area (Å²) in [5.74, 6) is -0.827. The summed E-state index contributed by atoms with van der Waals surface area (Å²) in [6.45, 7) is 5.07. The Morgan fingerprint density at radius 3 is 2.68 bits per heavy atom. The lowest BCUT2D eigenvalue weighted by Crippen LogP contribution is -2.34. The first-order chi connectivity index (χ1) is 10.3. The molecule has 0 fully saturated rings. The van der Waals surface area contributed by atoms with Gasteiger partial charge in [0.15, 0.2) is 0 Å². The van der Waals surface area contributed by atoms with E-state index in [1.807, 2.05) is 0 Å². The van der Waals surface area contributed by atoms with Crippen LogP contribution < -0.4 is 5.32 Å². The van der Waals surface area contributed by atoms with Crippen molar-refractivity contribution in [2.45, 2.75) is 26.4 Å². The molecule has 2 rings (SSSR count). The number of aromatic nitrogens is 1. The molecule has 1 heterocycles. The van der Waals surface area contributed by atoms with Gasteiger partial charge in [-0.25, -0.2) is 0 Å². The van der Waals surface area contributed by atoms with Crippen molar-refractivity contribution in [2.24, 2.45) is 0 Å². The van der Waals surface area contributed by atoms with Gasteiger partial charge in [0, 0.05) is 17.6 Å². The number of fused-ring (bicyclic) bond motifs is 1. The number of rotatable bonds is 3. The summed E-state index contributed by atoms with van der Waals surface area (Å²) in [6, 6.07) is 6.12. The highest BCUT2D eigenvalue weighted by Crippen LogP contribution is 2.21. The molecule has 22 heavy (non-hydrogen) atoms. The summed E-state index contributed by atoms with van der Waals surface area (Å²) in [4.78, 5) is 27.9. The van der Waals surface area contributed by atoms with Crippen LogP contribution in [0.4, 0.5) is 0 Å². The highest BCUT2D eigenvalue weighted by atomic mass is 16.6. The fraction of sp³-hybridized carbons (Fsp3) is 0.312. The van der Waals surface area contributed by atoms with Crippen LogP contribution in [0.1, 0.15) is 31.1 Å². The molecule has 0 aliphatic heterocycles. The van der Waals surface area contributed by atoms with Crippen molar-refractivity contribution in [2.75, 3.05) is 6.54 Å². The van der Waals surface area contributed by atoms with E-state index in [-0.39, 0.29) is 12.3 Å². The molecule has 6 nitrogen and oxygen atoms in total. The standard InChI is InChI=1S/C16H18N2O4/c1-16(2,3)22-14(20)9-18-15(21)12-6-7-17-13-8-10(19)4-5-11(12)13/h4-8,19H,9H2,1-3H3,(H,18,21). The number of esters is 1.